The number of nitrogens with zero attached hydrogens (tertiary/aromatic N) is 1. The minimum Gasteiger partial charge on any atom is -0.430 e. The molecule has 1 aliphatic heterocycles. The number of thiol groups is 1. The monoisotopic (exact) mass is 175 g/mol. The Kier molecular flexibility index (Phi) is 1.63. The van der Waals surface area contributed by atoms with Gasteiger partial charge in [0.15, 0.2) is 4.93 Å². The maximum Gasteiger partial charge on any atom is 0.411 e. The van der Waals surface area contributed by atoms with Crippen LogP contribution in [-0.2, 0) is 4.74 Å². The summed E-state index contributed by atoms with van der Waals surface area (Å²) in [6.07, 6.45) is -0.312. The lowest BCUT2D eigenvalue weighted by Gasteiger charge is -2.33. The Morgan fingerprint density at radius 3 is 2.00 bits per heavy atom. The molecule has 64 valence electrons. The van der Waals surface area contributed by atoms with Gasteiger partial charge in [0.1, 0.15) is 0 Å². The predicted octanol–water partition coefficient (Wildman–Crippen LogP) is 1.49. The van der Waals surface area contributed by atoms with Gasteiger partial charge >= 0.3 is 6.09 Å². The molecule has 0 saturated carbocycles. The summed E-state index contributed by atoms with van der Waals surface area (Å²) in [7, 11) is 1.71. The molecule has 0 aromatic heterocycles. The van der Waals surface area contributed by atoms with Gasteiger partial charge in [-0.2, -0.15) is 0 Å². The highest BCUT2D eigenvalue weighted by Crippen LogP contribution is 2.40. The first-order valence-corrected chi connectivity index (χ1v) is 3.93. The highest BCUT2D eigenvalue weighted by molar-refractivity contribution is 7.81. The molecule has 0 radical (unpaired) electrons. The van der Waals surface area contributed by atoms with E-state index in [0.29, 0.717) is 0 Å². The summed E-state index contributed by atoms with van der Waals surface area (Å²) in [5.74, 6) is 0. The number of cyclic esters (lactones) is 1. The lowest BCUT2D eigenvalue weighted by atomic mass is 9.98. The van der Waals surface area contributed by atoms with Crippen molar-refractivity contribution in [2.24, 2.45) is 0 Å². The van der Waals surface area contributed by atoms with Gasteiger partial charge in [-0.25, -0.2) is 4.79 Å². The molecule has 3 nitrogen and oxygen atoms in total. The highest BCUT2D eigenvalue weighted by atomic mass is 32.1. The van der Waals surface area contributed by atoms with Crippen LogP contribution in [0, 0.1) is 0 Å². The van der Waals surface area contributed by atoms with Crippen LogP contribution < -0.4 is 0 Å². The molecule has 1 heterocycles. The van der Waals surface area contributed by atoms with Crippen molar-refractivity contribution in [2.45, 2.75) is 31.2 Å². The molecular formula is C7H13NO2S. The summed E-state index contributed by atoms with van der Waals surface area (Å²) in [4.78, 5) is 11.9. The maximum atomic E-state index is 11.1. The molecule has 1 atom stereocenters. The zero-order chi connectivity index (χ0) is 8.86. The molecule has 11 heavy (non-hydrogen) atoms. The summed E-state index contributed by atoms with van der Waals surface area (Å²) in [5.41, 5.74) is -0.354. The molecule has 1 fully saturated rings. The molecule has 4 heteroatoms. The van der Waals surface area contributed by atoms with Crippen molar-refractivity contribution in [3.05, 3.63) is 0 Å². The zero-order valence-electron chi connectivity index (χ0n) is 7.21. The van der Waals surface area contributed by atoms with Crippen molar-refractivity contribution in [3.63, 3.8) is 0 Å². The molecule has 0 aromatic carbocycles. The second-order valence-electron chi connectivity index (χ2n) is 3.47. The number of amides is 1. The topological polar surface area (TPSA) is 29.5 Å². The summed E-state index contributed by atoms with van der Waals surface area (Å²) < 4.78 is 5.03. The number of ether oxygens (including phenoxy) is 1. The van der Waals surface area contributed by atoms with Gasteiger partial charge in [0.05, 0.1) is 5.54 Å². The second-order valence-corrected chi connectivity index (χ2v) is 4.32. The van der Waals surface area contributed by atoms with Crippen molar-refractivity contribution >= 4 is 18.7 Å². The van der Waals surface area contributed by atoms with E-state index < -0.39 is 4.93 Å². The number of carbonyl (C=O) groups is 1. The molecule has 0 aromatic rings. The van der Waals surface area contributed by atoms with E-state index >= 15 is 0 Å². The lowest BCUT2D eigenvalue weighted by molar-refractivity contribution is 0.104. The molecule has 0 aliphatic carbocycles. The van der Waals surface area contributed by atoms with Crippen molar-refractivity contribution in [2.75, 3.05) is 7.05 Å². The van der Waals surface area contributed by atoms with Gasteiger partial charge < -0.3 is 9.64 Å². The van der Waals surface area contributed by atoms with Crippen molar-refractivity contribution < 1.29 is 9.53 Å². The average Bonchev–Trinajstić information content (AvgIpc) is 1.93. The van der Waals surface area contributed by atoms with Crippen molar-refractivity contribution in [1.29, 1.82) is 0 Å². The SMILES string of the molecule is CN1C(=O)OC(C)(S)C1(C)C. The van der Waals surface area contributed by atoms with Crippen molar-refractivity contribution in [3.8, 4) is 0 Å². The van der Waals surface area contributed by atoms with Gasteiger partial charge in [-0.1, -0.05) is 0 Å². The van der Waals surface area contributed by atoms with E-state index in [-0.39, 0.29) is 11.6 Å². The third-order valence-corrected chi connectivity index (χ3v) is 3.17. The number of hydrogen-bond donors (Lipinski definition) is 1. The molecule has 1 unspecified atom stereocenters. The van der Waals surface area contributed by atoms with Gasteiger partial charge in [-0.3, -0.25) is 0 Å². The van der Waals surface area contributed by atoms with Crippen LogP contribution in [0.5, 0.6) is 0 Å². The molecule has 1 saturated heterocycles. The van der Waals surface area contributed by atoms with Crippen LogP contribution in [0.25, 0.3) is 0 Å². The number of rotatable bonds is 0. The van der Waals surface area contributed by atoms with Crippen LogP contribution in [0.3, 0.4) is 0 Å². The Labute approximate surface area is 72.1 Å². The average molecular weight is 175 g/mol. The van der Waals surface area contributed by atoms with E-state index in [4.69, 9.17) is 4.74 Å². The van der Waals surface area contributed by atoms with Crippen LogP contribution in [0.1, 0.15) is 20.8 Å². The fourth-order valence-corrected chi connectivity index (χ4v) is 1.13. The van der Waals surface area contributed by atoms with E-state index in [2.05, 4.69) is 12.6 Å². The zero-order valence-corrected chi connectivity index (χ0v) is 8.11. The summed E-state index contributed by atoms with van der Waals surface area (Å²) in [5, 5.41) is 0. The van der Waals surface area contributed by atoms with E-state index in [1.165, 1.54) is 0 Å². The molecule has 1 rings (SSSR count). The molecular weight excluding hydrogens is 162 g/mol. The Morgan fingerprint density at radius 2 is 1.91 bits per heavy atom. The molecule has 1 amide bonds. The van der Waals surface area contributed by atoms with E-state index in [0.717, 1.165) is 0 Å². The first-order valence-electron chi connectivity index (χ1n) is 3.48. The van der Waals surface area contributed by atoms with E-state index in [1.807, 2.05) is 13.8 Å². The van der Waals surface area contributed by atoms with Crippen LogP contribution in [-0.4, -0.2) is 28.5 Å². The quantitative estimate of drug-likeness (QED) is 0.565. The smallest absolute Gasteiger partial charge is 0.411 e. The van der Waals surface area contributed by atoms with Gasteiger partial charge in [-0.05, 0) is 20.8 Å². The first kappa shape index (κ1) is 8.71. The second kappa shape index (κ2) is 2.06. The third kappa shape index (κ3) is 1.00. The normalized spacial score (nSPS) is 35.7. The Hall–Kier alpha value is -0.380. The van der Waals surface area contributed by atoms with Gasteiger partial charge in [0.25, 0.3) is 0 Å². The van der Waals surface area contributed by atoms with Crippen molar-refractivity contribution in [1.82, 2.24) is 4.90 Å². The first-order chi connectivity index (χ1) is 4.79. The van der Waals surface area contributed by atoms with Crippen LogP contribution >= 0.6 is 12.6 Å². The number of likely N-dealkylation sites (N-methyl/N-ethyl adjacent to an activating group) is 1. The van der Waals surface area contributed by atoms with Crippen LogP contribution in [0.15, 0.2) is 0 Å². The summed E-state index contributed by atoms with van der Waals surface area (Å²) in [6.45, 7) is 5.63. The van der Waals surface area contributed by atoms with Gasteiger partial charge in [-0.15, -0.1) is 12.6 Å². The largest absolute Gasteiger partial charge is 0.430 e. The van der Waals surface area contributed by atoms with Gasteiger partial charge in [0, 0.05) is 7.05 Å². The fraction of sp³-hybridized carbons (Fsp3) is 0.857. The number of hydrogen-bond acceptors (Lipinski definition) is 3. The molecule has 0 N–H and O–H groups in total. The minimum absolute atomic E-state index is 0.312. The van der Waals surface area contributed by atoms with E-state index in [9.17, 15) is 4.79 Å². The standard InChI is InChI=1S/C7H13NO2S/c1-6(2)7(3,11)10-5(9)8(6)4/h11H,1-4H3. The van der Waals surface area contributed by atoms with Crippen LogP contribution in [0.4, 0.5) is 4.79 Å². The molecule has 0 spiro atoms. The molecule has 0 bridgehead atoms. The van der Waals surface area contributed by atoms with Crippen LogP contribution in [0.2, 0.25) is 0 Å². The Bertz CT molecular complexity index is 201. The lowest BCUT2D eigenvalue weighted by Crippen LogP contribution is -2.47. The van der Waals surface area contributed by atoms with Gasteiger partial charge in [0.2, 0.25) is 0 Å². The van der Waals surface area contributed by atoms with E-state index in [1.54, 1.807) is 18.9 Å². The Balaban J connectivity index is 3.01. The third-order valence-electron chi connectivity index (χ3n) is 2.53. The minimum atomic E-state index is -0.696. The maximum absolute atomic E-state index is 11.1. The molecule has 1 aliphatic rings. The predicted molar refractivity (Wildman–Crippen MR) is 45.7 cm³/mol. The fourth-order valence-electron chi connectivity index (χ4n) is 0.903. The summed E-state index contributed by atoms with van der Waals surface area (Å²) >= 11 is 4.26. The highest BCUT2D eigenvalue weighted by Gasteiger charge is 2.53. The Morgan fingerprint density at radius 1 is 1.45 bits per heavy atom. The summed E-state index contributed by atoms with van der Waals surface area (Å²) in [6, 6.07) is 0. The number of carbonyl (C=O) groups excluding carboxylic acids is 1.